The van der Waals surface area contributed by atoms with E-state index in [2.05, 4.69) is 26.2 Å². The SMILES string of the molecule is COC(C)(C)C(=O)Nc1ccc(Br)nc1. The molecule has 1 rings (SSSR count). The summed E-state index contributed by atoms with van der Waals surface area (Å²) in [5.41, 5.74) is -0.194. The first-order valence-electron chi connectivity index (χ1n) is 4.44. The number of carbonyl (C=O) groups is 1. The highest BCUT2D eigenvalue weighted by atomic mass is 79.9. The Morgan fingerprint density at radius 1 is 1.53 bits per heavy atom. The first kappa shape index (κ1) is 12.1. The minimum absolute atomic E-state index is 0.200. The molecule has 0 atom stereocenters. The molecule has 1 heterocycles. The summed E-state index contributed by atoms with van der Waals surface area (Å²) >= 11 is 3.22. The molecular formula is C10H13BrN2O2. The van der Waals surface area contributed by atoms with E-state index in [-0.39, 0.29) is 5.91 Å². The fourth-order valence-corrected chi connectivity index (χ4v) is 1.06. The van der Waals surface area contributed by atoms with Crippen molar-refractivity contribution in [1.82, 2.24) is 4.98 Å². The van der Waals surface area contributed by atoms with Gasteiger partial charge in [0.25, 0.3) is 5.91 Å². The maximum Gasteiger partial charge on any atom is 0.256 e. The number of nitrogens with zero attached hydrogens (tertiary/aromatic N) is 1. The number of carbonyl (C=O) groups excluding carboxylic acids is 1. The number of ether oxygens (including phenoxy) is 1. The average molecular weight is 273 g/mol. The predicted molar refractivity (Wildman–Crippen MR) is 61.7 cm³/mol. The summed E-state index contributed by atoms with van der Waals surface area (Å²) in [7, 11) is 1.50. The number of nitrogens with one attached hydrogen (secondary N) is 1. The van der Waals surface area contributed by atoms with Crippen molar-refractivity contribution >= 4 is 27.5 Å². The molecule has 0 spiro atoms. The molecule has 0 aliphatic carbocycles. The Morgan fingerprint density at radius 3 is 2.67 bits per heavy atom. The van der Waals surface area contributed by atoms with Gasteiger partial charge in [-0.2, -0.15) is 0 Å². The molecule has 0 aliphatic rings. The van der Waals surface area contributed by atoms with Crippen molar-refractivity contribution in [3.8, 4) is 0 Å². The molecule has 0 bridgehead atoms. The monoisotopic (exact) mass is 272 g/mol. The molecule has 15 heavy (non-hydrogen) atoms. The zero-order chi connectivity index (χ0) is 11.5. The highest BCUT2D eigenvalue weighted by molar-refractivity contribution is 9.10. The molecule has 5 heteroatoms. The van der Waals surface area contributed by atoms with E-state index in [1.807, 2.05) is 0 Å². The van der Waals surface area contributed by atoms with Crippen molar-refractivity contribution in [3.63, 3.8) is 0 Å². The quantitative estimate of drug-likeness (QED) is 0.859. The van der Waals surface area contributed by atoms with E-state index < -0.39 is 5.60 Å². The van der Waals surface area contributed by atoms with Gasteiger partial charge in [0.05, 0.1) is 11.9 Å². The molecule has 0 aliphatic heterocycles. The van der Waals surface area contributed by atoms with E-state index in [4.69, 9.17) is 4.74 Å². The number of anilines is 1. The minimum Gasteiger partial charge on any atom is -0.369 e. The van der Waals surface area contributed by atoms with Crippen molar-refractivity contribution in [2.45, 2.75) is 19.4 Å². The van der Waals surface area contributed by atoms with Gasteiger partial charge in [0.1, 0.15) is 10.2 Å². The Bertz CT molecular complexity index is 349. The summed E-state index contributed by atoms with van der Waals surface area (Å²) in [6, 6.07) is 3.52. The average Bonchev–Trinajstić information content (AvgIpc) is 2.21. The van der Waals surface area contributed by atoms with Gasteiger partial charge >= 0.3 is 0 Å². The summed E-state index contributed by atoms with van der Waals surface area (Å²) in [6.45, 7) is 3.41. The number of hydrogen-bond acceptors (Lipinski definition) is 3. The van der Waals surface area contributed by atoms with E-state index in [9.17, 15) is 4.79 Å². The maximum atomic E-state index is 11.7. The second-order valence-corrected chi connectivity index (χ2v) is 4.35. The van der Waals surface area contributed by atoms with Crippen LogP contribution in [0.2, 0.25) is 0 Å². The second-order valence-electron chi connectivity index (χ2n) is 3.54. The summed E-state index contributed by atoms with van der Waals surface area (Å²) in [4.78, 5) is 15.7. The lowest BCUT2D eigenvalue weighted by atomic mass is 10.1. The van der Waals surface area contributed by atoms with Crippen LogP contribution < -0.4 is 5.32 Å². The third kappa shape index (κ3) is 3.28. The number of methoxy groups -OCH3 is 1. The standard InChI is InChI=1S/C10H13BrN2O2/c1-10(2,15-3)9(14)13-7-4-5-8(11)12-6-7/h4-6H,1-3H3,(H,13,14). The van der Waals surface area contributed by atoms with Crippen LogP contribution in [0.25, 0.3) is 0 Å². The molecule has 0 aromatic carbocycles. The molecule has 4 nitrogen and oxygen atoms in total. The molecule has 1 N–H and O–H groups in total. The number of aromatic nitrogens is 1. The topological polar surface area (TPSA) is 51.2 Å². The number of rotatable bonds is 3. The van der Waals surface area contributed by atoms with Gasteiger partial charge in [0.15, 0.2) is 0 Å². The Morgan fingerprint density at radius 2 is 2.20 bits per heavy atom. The Balaban J connectivity index is 2.71. The van der Waals surface area contributed by atoms with Gasteiger partial charge in [-0.3, -0.25) is 4.79 Å². The Hall–Kier alpha value is -0.940. The Labute approximate surface area is 97.2 Å². The van der Waals surface area contributed by atoms with Crippen LogP contribution in [-0.4, -0.2) is 23.6 Å². The molecule has 0 unspecified atom stereocenters. The van der Waals surface area contributed by atoms with E-state index >= 15 is 0 Å². The van der Waals surface area contributed by atoms with Gasteiger partial charge in [0.2, 0.25) is 0 Å². The number of hydrogen-bond donors (Lipinski definition) is 1. The summed E-state index contributed by atoms with van der Waals surface area (Å²) in [5, 5.41) is 2.71. The lowest BCUT2D eigenvalue weighted by Crippen LogP contribution is -2.38. The van der Waals surface area contributed by atoms with Crippen molar-refractivity contribution in [2.24, 2.45) is 0 Å². The predicted octanol–water partition coefficient (Wildman–Crippen LogP) is 2.21. The van der Waals surface area contributed by atoms with Crippen LogP contribution >= 0.6 is 15.9 Å². The lowest BCUT2D eigenvalue weighted by molar-refractivity contribution is -0.133. The zero-order valence-electron chi connectivity index (χ0n) is 8.87. The molecule has 0 radical (unpaired) electrons. The van der Waals surface area contributed by atoms with Gasteiger partial charge in [-0.1, -0.05) is 0 Å². The summed E-state index contributed by atoms with van der Waals surface area (Å²) < 4.78 is 5.78. The molecule has 1 amide bonds. The van der Waals surface area contributed by atoms with E-state index in [0.29, 0.717) is 5.69 Å². The highest BCUT2D eigenvalue weighted by Crippen LogP contribution is 2.14. The van der Waals surface area contributed by atoms with Crippen LogP contribution in [-0.2, 0) is 9.53 Å². The van der Waals surface area contributed by atoms with Crippen LogP contribution in [0.1, 0.15) is 13.8 Å². The fraction of sp³-hybridized carbons (Fsp3) is 0.400. The number of halogens is 1. The number of pyridine rings is 1. The van der Waals surface area contributed by atoms with E-state index in [1.165, 1.54) is 7.11 Å². The molecule has 0 saturated heterocycles. The fourth-order valence-electron chi connectivity index (χ4n) is 0.824. The molecule has 82 valence electrons. The van der Waals surface area contributed by atoms with E-state index in [0.717, 1.165) is 4.60 Å². The highest BCUT2D eigenvalue weighted by Gasteiger charge is 2.26. The van der Waals surface area contributed by atoms with Crippen molar-refractivity contribution in [1.29, 1.82) is 0 Å². The lowest BCUT2D eigenvalue weighted by Gasteiger charge is -2.21. The largest absolute Gasteiger partial charge is 0.369 e. The van der Waals surface area contributed by atoms with Crippen LogP contribution in [0, 0.1) is 0 Å². The smallest absolute Gasteiger partial charge is 0.256 e. The van der Waals surface area contributed by atoms with Crippen molar-refractivity contribution in [2.75, 3.05) is 12.4 Å². The van der Waals surface area contributed by atoms with Crippen LogP contribution in [0.4, 0.5) is 5.69 Å². The Kier molecular flexibility index (Phi) is 3.82. The zero-order valence-corrected chi connectivity index (χ0v) is 10.5. The molecular weight excluding hydrogens is 260 g/mol. The van der Waals surface area contributed by atoms with Gasteiger partial charge in [-0.15, -0.1) is 0 Å². The van der Waals surface area contributed by atoms with Crippen molar-refractivity contribution < 1.29 is 9.53 Å². The maximum absolute atomic E-state index is 11.7. The second kappa shape index (κ2) is 4.72. The van der Waals surface area contributed by atoms with E-state index in [1.54, 1.807) is 32.2 Å². The molecule has 1 aromatic rings. The number of amides is 1. The third-order valence-corrected chi connectivity index (χ3v) is 2.51. The summed E-state index contributed by atoms with van der Waals surface area (Å²) in [5.74, 6) is -0.200. The van der Waals surface area contributed by atoms with Crippen LogP contribution in [0.5, 0.6) is 0 Å². The summed E-state index contributed by atoms with van der Waals surface area (Å²) in [6.07, 6.45) is 1.58. The van der Waals surface area contributed by atoms with Gasteiger partial charge in [-0.25, -0.2) is 4.98 Å². The van der Waals surface area contributed by atoms with Gasteiger partial charge < -0.3 is 10.1 Å². The first-order chi connectivity index (χ1) is 6.95. The van der Waals surface area contributed by atoms with Crippen LogP contribution in [0.15, 0.2) is 22.9 Å². The molecule has 0 saturated carbocycles. The molecule has 0 fully saturated rings. The van der Waals surface area contributed by atoms with Crippen LogP contribution in [0.3, 0.4) is 0 Å². The molecule has 1 aromatic heterocycles. The van der Waals surface area contributed by atoms with Crippen molar-refractivity contribution in [3.05, 3.63) is 22.9 Å². The normalized spacial score (nSPS) is 11.2. The third-order valence-electron chi connectivity index (χ3n) is 2.04. The first-order valence-corrected chi connectivity index (χ1v) is 5.23. The minimum atomic E-state index is -0.840. The van der Waals surface area contributed by atoms with Gasteiger partial charge in [-0.05, 0) is 41.9 Å². The van der Waals surface area contributed by atoms with Gasteiger partial charge in [0, 0.05) is 7.11 Å².